The zero-order valence-electron chi connectivity index (χ0n) is 18.1. The lowest BCUT2D eigenvalue weighted by Crippen LogP contribution is -2.23. The predicted molar refractivity (Wildman–Crippen MR) is 118 cm³/mol. The van der Waals surface area contributed by atoms with Gasteiger partial charge < -0.3 is 13.7 Å². The van der Waals surface area contributed by atoms with Gasteiger partial charge in [-0.2, -0.15) is 5.10 Å². The number of benzene rings is 1. The van der Waals surface area contributed by atoms with Crippen LogP contribution in [0.4, 0.5) is 0 Å². The van der Waals surface area contributed by atoms with Crippen LogP contribution < -0.4 is 10.3 Å². The van der Waals surface area contributed by atoms with Crippen LogP contribution in [-0.2, 0) is 19.4 Å². The molecule has 0 unspecified atom stereocenters. The van der Waals surface area contributed by atoms with Crippen molar-refractivity contribution in [2.24, 2.45) is 0 Å². The highest BCUT2D eigenvalue weighted by Crippen LogP contribution is 2.25. The highest BCUT2D eigenvalue weighted by atomic mass is 16.5. The van der Waals surface area contributed by atoms with Gasteiger partial charge in [0.2, 0.25) is 5.89 Å². The molecule has 5 rings (SSSR count). The number of ether oxygens (including phenoxy) is 1. The van der Waals surface area contributed by atoms with Crippen molar-refractivity contribution < 1.29 is 9.15 Å². The van der Waals surface area contributed by atoms with Crippen LogP contribution in [0.2, 0.25) is 0 Å². The Morgan fingerprint density at radius 1 is 1.13 bits per heavy atom. The van der Waals surface area contributed by atoms with E-state index < -0.39 is 0 Å². The molecule has 1 aliphatic carbocycles. The summed E-state index contributed by atoms with van der Waals surface area (Å²) in [7, 11) is 0. The van der Waals surface area contributed by atoms with Crippen LogP contribution in [0.3, 0.4) is 0 Å². The SMILES string of the molecule is Cc1oc(-c2ccc(OC(C)C)cc2)nc1Cn1ccn2nc3c(c2c1=O)CCCC3. The van der Waals surface area contributed by atoms with E-state index in [0.29, 0.717) is 23.7 Å². The van der Waals surface area contributed by atoms with Crippen molar-refractivity contribution >= 4 is 5.52 Å². The lowest BCUT2D eigenvalue weighted by atomic mass is 9.97. The van der Waals surface area contributed by atoms with Crippen LogP contribution in [0.5, 0.6) is 5.75 Å². The van der Waals surface area contributed by atoms with E-state index in [0.717, 1.165) is 53.9 Å². The van der Waals surface area contributed by atoms with Crippen molar-refractivity contribution in [1.29, 1.82) is 0 Å². The topological polar surface area (TPSA) is 74.6 Å². The summed E-state index contributed by atoms with van der Waals surface area (Å²) in [6, 6.07) is 7.69. The molecule has 0 bridgehead atoms. The van der Waals surface area contributed by atoms with Crippen LogP contribution >= 0.6 is 0 Å². The van der Waals surface area contributed by atoms with Gasteiger partial charge in [0.25, 0.3) is 5.56 Å². The summed E-state index contributed by atoms with van der Waals surface area (Å²) in [4.78, 5) is 17.9. The molecular formula is C24H26N4O3. The number of oxazole rings is 1. The number of nitrogens with zero attached hydrogens (tertiary/aromatic N) is 4. The molecule has 3 aromatic heterocycles. The van der Waals surface area contributed by atoms with Crippen molar-refractivity contribution in [3.05, 3.63) is 69.7 Å². The number of aromatic nitrogens is 4. The number of hydrogen-bond donors (Lipinski definition) is 0. The quantitative estimate of drug-likeness (QED) is 0.486. The highest BCUT2D eigenvalue weighted by molar-refractivity contribution is 5.56. The van der Waals surface area contributed by atoms with Gasteiger partial charge in [-0.25, -0.2) is 9.50 Å². The fraction of sp³-hybridized carbons (Fsp3) is 0.375. The minimum Gasteiger partial charge on any atom is -0.491 e. The van der Waals surface area contributed by atoms with E-state index >= 15 is 0 Å². The first-order chi connectivity index (χ1) is 15.0. The van der Waals surface area contributed by atoms with Crippen LogP contribution in [0.15, 0.2) is 45.9 Å². The maximum absolute atomic E-state index is 13.2. The van der Waals surface area contributed by atoms with Crippen LogP contribution in [0.1, 0.15) is 49.4 Å². The maximum atomic E-state index is 13.2. The summed E-state index contributed by atoms with van der Waals surface area (Å²) in [5, 5.41) is 4.61. The standard InChI is InChI=1S/C24H26N4O3/c1-15(2)30-18-10-8-17(9-11-18)23-25-21(16(3)31-23)14-27-12-13-28-22(24(27)29)19-6-4-5-7-20(19)26-28/h8-13,15H,4-7,14H2,1-3H3. The first kappa shape index (κ1) is 19.6. The second kappa shape index (κ2) is 7.72. The molecule has 7 heteroatoms. The molecule has 4 aromatic rings. The van der Waals surface area contributed by atoms with Gasteiger partial charge in [0.05, 0.1) is 18.3 Å². The van der Waals surface area contributed by atoms with Gasteiger partial charge in [0.1, 0.15) is 22.7 Å². The van der Waals surface area contributed by atoms with Gasteiger partial charge >= 0.3 is 0 Å². The van der Waals surface area contributed by atoms with Crippen molar-refractivity contribution in [2.75, 3.05) is 0 Å². The number of hydrogen-bond acceptors (Lipinski definition) is 5. The number of aryl methyl sites for hydroxylation is 3. The summed E-state index contributed by atoms with van der Waals surface area (Å²) in [6.45, 7) is 6.24. The Morgan fingerprint density at radius 3 is 2.68 bits per heavy atom. The van der Waals surface area contributed by atoms with E-state index in [4.69, 9.17) is 9.15 Å². The van der Waals surface area contributed by atoms with E-state index in [9.17, 15) is 4.79 Å². The molecule has 0 radical (unpaired) electrons. The molecule has 31 heavy (non-hydrogen) atoms. The Balaban J connectivity index is 1.44. The average molecular weight is 418 g/mol. The summed E-state index contributed by atoms with van der Waals surface area (Å²) in [5.74, 6) is 2.06. The Morgan fingerprint density at radius 2 is 1.90 bits per heavy atom. The molecule has 0 atom stereocenters. The number of rotatable bonds is 5. The fourth-order valence-electron chi connectivity index (χ4n) is 4.19. The third kappa shape index (κ3) is 3.65. The van der Waals surface area contributed by atoms with Crippen molar-refractivity contribution in [1.82, 2.24) is 19.2 Å². The smallest absolute Gasteiger partial charge is 0.277 e. The van der Waals surface area contributed by atoms with Gasteiger partial charge in [0.15, 0.2) is 0 Å². The molecule has 3 heterocycles. The molecule has 0 N–H and O–H groups in total. The lowest BCUT2D eigenvalue weighted by molar-refractivity contribution is 0.242. The van der Waals surface area contributed by atoms with E-state index in [-0.39, 0.29) is 11.7 Å². The Labute approximate surface area is 180 Å². The third-order valence-electron chi connectivity index (χ3n) is 5.72. The van der Waals surface area contributed by atoms with Gasteiger partial charge in [0, 0.05) is 23.5 Å². The number of fused-ring (bicyclic) bond motifs is 3. The van der Waals surface area contributed by atoms with Crippen molar-refractivity contribution in [3.63, 3.8) is 0 Å². The fourth-order valence-corrected chi connectivity index (χ4v) is 4.19. The summed E-state index contributed by atoms with van der Waals surface area (Å²) < 4.78 is 15.0. The molecule has 1 aromatic carbocycles. The molecule has 0 saturated carbocycles. The van der Waals surface area contributed by atoms with E-state index in [1.807, 2.05) is 51.2 Å². The van der Waals surface area contributed by atoms with E-state index in [1.54, 1.807) is 15.3 Å². The first-order valence-electron chi connectivity index (χ1n) is 10.8. The minimum atomic E-state index is -0.0303. The van der Waals surface area contributed by atoms with E-state index in [2.05, 4.69) is 10.1 Å². The first-order valence-corrected chi connectivity index (χ1v) is 10.8. The van der Waals surface area contributed by atoms with Gasteiger partial charge in [-0.15, -0.1) is 0 Å². The zero-order chi connectivity index (χ0) is 21.5. The molecule has 7 nitrogen and oxygen atoms in total. The zero-order valence-corrected chi connectivity index (χ0v) is 18.1. The monoisotopic (exact) mass is 418 g/mol. The van der Waals surface area contributed by atoms with Crippen LogP contribution in [-0.4, -0.2) is 25.3 Å². The maximum Gasteiger partial charge on any atom is 0.277 e. The molecule has 0 aliphatic heterocycles. The third-order valence-corrected chi connectivity index (χ3v) is 5.72. The molecular weight excluding hydrogens is 392 g/mol. The largest absolute Gasteiger partial charge is 0.491 e. The summed E-state index contributed by atoms with van der Waals surface area (Å²) >= 11 is 0. The second-order valence-corrected chi connectivity index (χ2v) is 8.37. The van der Waals surface area contributed by atoms with Crippen LogP contribution in [0, 0.1) is 6.92 Å². The Hall–Kier alpha value is -3.35. The molecule has 0 spiro atoms. The van der Waals surface area contributed by atoms with Crippen LogP contribution in [0.25, 0.3) is 17.0 Å². The molecule has 0 saturated heterocycles. The van der Waals surface area contributed by atoms with Crippen molar-refractivity contribution in [3.8, 4) is 17.2 Å². The second-order valence-electron chi connectivity index (χ2n) is 8.37. The van der Waals surface area contributed by atoms with Gasteiger partial charge in [-0.3, -0.25) is 4.79 Å². The van der Waals surface area contributed by atoms with Gasteiger partial charge in [-0.1, -0.05) is 0 Å². The predicted octanol–water partition coefficient (Wildman–Crippen LogP) is 4.17. The molecule has 0 fully saturated rings. The Bertz CT molecular complexity index is 1300. The molecule has 0 amide bonds. The average Bonchev–Trinajstić information content (AvgIpc) is 3.31. The molecule has 1 aliphatic rings. The Kier molecular flexibility index (Phi) is 4.88. The minimum absolute atomic E-state index is 0.0303. The normalized spacial score (nSPS) is 13.7. The van der Waals surface area contributed by atoms with E-state index in [1.165, 1.54) is 0 Å². The summed E-state index contributed by atoms with van der Waals surface area (Å²) in [5.41, 5.74) is 4.45. The van der Waals surface area contributed by atoms with Crippen molar-refractivity contribution in [2.45, 2.75) is 59.1 Å². The lowest BCUT2D eigenvalue weighted by Gasteiger charge is -2.09. The summed E-state index contributed by atoms with van der Waals surface area (Å²) in [6.07, 6.45) is 7.87. The van der Waals surface area contributed by atoms with Gasteiger partial charge in [-0.05, 0) is 70.7 Å². The molecule has 160 valence electrons. The highest BCUT2D eigenvalue weighted by Gasteiger charge is 2.20.